The summed E-state index contributed by atoms with van der Waals surface area (Å²) in [6, 6.07) is 1.19. The lowest BCUT2D eigenvalue weighted by atomic mass is 10.00. The van der Waals surface area contributed by atoms with Gasteiger partial charge >= 0.3 is 0 Å². The van der Waals surface area contributed by atoms with Crippen molar-refractivity contribution in [3.63, 3.8) is 0 Å². The SMILES string of the molecule is O=C(CCC1CCCC[N]1)N1CCN(C2CCNCC2)CC1. The van der Waals surface area contributed by atoms with Crippen LogP contribution in [0.4, 0.5) is 0 Å². The second kappa shape index (κ2) is 8.27. The zero-order valence-electron chi connectivity index (χ0n) is 13.8. The molecule has 125 valence electrons. The van der Waals surface area contributed by atoms with Crippen LogP contribution in [0.25, 0.3) is 0 Å². The maximum absolute atomic E-state index is 12.4. The van der Waals surface area contributed by atoms with E-state index in [1.165, 1.54) is 32.1 Å². The fraction of sp³-hybridized carbons (Fsp3) is 0.941. The van der Waals surface area contributed by atoms with Crippen molar-refractivity contribution in [2.45, 2.75) is 57.0 Å². The summed E-state index contributed by atoms with van der Waals surface area (Å²) >= 11 is 0. The maximum Gasteiger partial charge on any atom is 0.222 e. The Bertz CT molecular complexity index is 343. The van der Waals surface area contributed by atoms with Gasteiger partial charge in [-0.1, -0.05) is 6.42 Å². The largest absolute Gasteiger partial charge is 0.340 e. The predicted octanol–water partition coefficient (Wildman–Crippen LogP) is 0.820. The van der Waals surface area contributed by atoms with Gasteiger partial charge in [0.05, 0.1) is 0 Å². The minimum Gasteiger partial charge on any atom is -0.340 e. The van der Waals surface area contributed by atoms with E-state index in [-0.39, 0.29) is 0 Å². The first-order valence-electron chi connectivity index (χ1n) is 9.22. The number of carbonyl (C=O) groups excluding carboxylic acids is 1. The molecule has 1 radical (unpaired) electrons. The van der Waals surface area contributed by atoms with Gasteiger partial charge in [-0.15, -0.1) is 0 Å². The Kier molecular flexibility index (Phi) is 6.10. The highest BCUT2D eigenvalue weighted by molar-refractivity contribution is 5.76. The van der Waals surface area contributed by atoms with Gasteiger partial charge in [-0.2, -0.15) is 0 Å². The van der Waals surface area contributed by atoms with Crippen molar-refractivity contribution in [2.75, 3.05) is 45.8 Å². The topological polar surface area (TPSA) is 49.7 Å². The highest BCUT2D eigenvalue weighted by Crippen LogP contribution is 2.17. The summed E-state index contributed by atoms with van der Waals surface area (Å²) in [7, 11) is 0. The van der Waals surface area contributed by atoms with Gasteiger partial charge in [0, 0.05) is 51.2 Å². The van der Waals surface area contributed by atoms with Crippen LogP contribution in [0, 0.1) is 0 Å². The molecule has 3 saturated heterocycles. The molecule has 1 atom stereocenters. The van der Waals surface area contributed by atoms with Crippen LogP contribution in [-0.2, 0) is 4.79 Å². The number of hydrogen-bond acceptors (Lipinski definition) is 3. The van der Waals surface area contributed by atoms with Crippen molar-refractivity contribution >= 4 is 5.91 Å². The van der Waals surface area contributed by atoms with Crippen LogP contribution >= 0.6 is 0 Å². The van der Waals surface area contributed by atoms with Crippen molar-refractivity contribution in [3.8, 4) is 0 Å². The first kappa shape index (κ1) is 16.2. The van der Waals surface area contributed by atoms with E-state index in [1.807, 2.05) is 0 Å². The third-order valence-corrected chi connectivity index (χ3v) is 5.52. The van der Waals surface area contributed by atoms with Gasteiger partial charge in [-0.25, -0.2) is 5.32 Å². The van der Waals surface area contributed by atoms with E-state index in [9.17, 15) is 4.79 Å². The summed E-state index contributed by atoms with van der Waals surface area (Å²) in [5.41, 5.74) is 0. The highest BCUT2D eigenvalue weighted by Gasteiger charge is 2.27. The fourth-order valence-electron chi connectivity index (χ4n) is 4.05. The molecule has 0 aliphatic carbocycles. The van der Waals surface area contributed by atoms with E-state index in [0.717, 1.165) is 58.3 Å². The van der Waals surface area contributed by atoms with Crippen molar-refractivity contribution in [3.05, 3.63) is 0 Å². The molecule has 3 rings (SSSR count). The monoisotopic (exact) mass is 307 g/mol. The average Bonchev–Trinajstić information content (AvgIpc) is 2.61. The van der Waals surface area contributed by atoms with Crippen LogP contribution in [0.5, 0.6) is 0 Å². The van der Waals surface area contributed by atoms with E-state index in [1.54, 1.807) is 0 Å². The molecule has 1 unspecified atom stereocenters. The lowest BCUT2D eigenvalue weighted by Gasteiger charge is -2.41. The second-order valence-electron chi connectivity index (χ2n) is 6.99. The molecule has 0 bridgehead atoms. The molecular weight excluding hydrogens is 276 g/mol. The lowest BCUT2D eigenvalue weighted by Crippen LogP contribution is -2.54. The number of nitrogens with zero attached hydrogens (tertiary/aromatic N) is 3. The molecule has 3 aliphatic rings. The molecule has 3 aliphatic heterocycles. The molecule has 3 heterocycles. The van der Waals surface area contributed by atoms with E-state index >= 15 is 0 Å². The fourth-order valence-corrected chi connectivity index (χ4v) is 4.05. The summed E-state index contributed by atoms with van der Waals surface area (Å²) < 4.78 is 0. The Morgan fingerprint density at radius 2 is 1.82 bits per heavy atom. The van der Waals surface area contributed by atoms with Crippen LogP contribution in [0.2, 0.25) is 0 Å². The highest BCUT2D eigenvalue weighted by atomic mass is 16.2. The molecule has 0 spiro atoms. The number of carbonyl (C=O) groups is 1. The Balaban J connectivity index is 1.36. The van der Waals surface area contributed by atoms with Gasteiger partial charge in [-0.05, 0) is 45.2 Å². The third-order valence-electron chi connectivity index (χ3n) is 5.52. The van der Waals surface area contributed by atoms with Crippen molar-refractivity contribution in [2.24, 2.45) is 0 Å². The molecule has 0 aromatic heterocycles. The number of rotatable bonds is 4. The van der Waals surface area contributed by atoms with Crippen molar-refractivity contribution < 1.29 is 4.79 Å². The van der Waals surface area contributed by atoms with Crippen LogP contribution in [0.1, 0.15) is 44.9 Å². The van der Waals surface area contributed by atoms with Crippen LogP contribution in [-0.4, -0.2) is 73.6 Å². The predicted molar refractivity (Wildman–Crippen MR) is 87.9 cm³/mol. The van der Waals surface area contributed by atoms with Gasteiger partial charge in [0.2, 0.25) is 5.91 Å². The Labute approximate surface area is 134 Å². The van der Waals surface area contributed by atoms with Gasteiger partial charge in [0.1, 0.15) is 0 Å². The van der Waals surface area contributed by atoms with E-state index in [4.69, 9.17) is 0 Å². The summed E-state index contributed by atoms with van der Waals surface area (Å²) in [4.78, 5) is 17.1. The summed E-state index contributed by atoms with van der Waals surface area (Å²) in [5.74, 6) is 0.353. The van der Waals surface area contributed by atoms with E-state index in [2.05, 4.69) is 20.4 Å². The molecule has 1 amide bonds. The average molecular weight is 307 g/mol. The maximum atomic E-state index is 12.4. The number of nitrogens with one attached hydrogen (secondary N) is 1. The Hall–Kier alpha value is -0.650. The second-order valence-corrected chi connectivity index (χ2v) is 6.99. The summed E-state index contributed by atoms with van der Waals surface area (Å²) in [6.45, 7) is 7.26. The van der Waals surface area contributed by atoms with Gasteiger partial charge in [0.25, 0.3) is 0 Å². The van der Waals surface area contributed by atoms with Crippen LogP contribution < -0.4 is 10.6 Å². The number of piperidine rings is 2. The lowest BCUT2D eigenvalue weighted by molar-refractivity contribution is -0.133. The first-order chi connectivity index (χ1) is 10.8. The van der Waals surface area contributed by atoms with Crippen LogP contribution in [0.15, 0.2) is 0 Å². The van der Waals surface area contributed by atoms with Gasteiger partial charge < -0.3 is 10.2 Å². The molecule has 3 fully saturated rings. The minimum absolute atomic E-state index is 0.353. The molecule has 5 nitrogen and oxygen atoms in total. The smallest absolute Gasteiger partial charge is 0.222 e. The number of hydrogen-bond donors (Lipinski definition) is 1. The van der Waals surface area contributed by atoms with Gasteiger partial charge in [0.15, 0.2) is 0 Å². The van der Waals surface area contributed by atoms with E-state index < -0.39 is 0 Å². The molecule has 1 N–H and O–H groups in total. The van der Waals surface area contributed by atoms with Crippen LogP contribution in [0.3, 0.4) is 0 Å². The molecule has 22 heavy (non-hydrogen) atoms. The summed E-state index contributed by atoms with van der Waals surface area (Å²) in [5, 5.41) is 8.06. The molecule has 5 heteroatoms. The minimum atomic E-state index is 0.353. The normalized spacial score (nSPS) is 28.7. The van der Waals surface area contributed by atoms with Crippen molar-refractivity contribution in [1.82, 2.24) is 20.4 Å². The molecule has 0 aromatic rings. The molecule has 0 saturated carbocycles. The zero-order chi connectivity index (χ0) is 15.2. The van der Waals surface area contributed by atoms with Crippen molar-refractivity contribution in [1.29, 1.82) is 0 Å². The molecule has 0 aromatic carbocycles. The Morgan fingerprint density at radius 3 is 2.50 bits per heavy atom. The Morgan fingerprint density at radius 1 is 1.05 bits per heavy atom. The summed E-state index contributed by atoms with van der Waals surface area (Å²) in [6.07, 6.45) is 7.90. The number of amides is 1. The third kappa shape index (κ3) is 4.43. The molecular formula is C17H31N4O. The van der Waals surface area contributed by atoms with Gasteiger partial charge in [-0.3, -0.25) is 9.69 Å². The quantitative estimate of drug-likeness (QED) is 0.836. The standard InChI is InChI=1S/C17H31N4O/c22-17(5-4-15-3-1-2-8-19-15)21-13-11-20(12-14-21)16-6-9-18-10-7-16/h15-16,18H,1-14H2. The first-order valence-corrected chi connectivity index (χ1v) is 9.22. The number of piperazine rings is 1. The van der Waals surface area contributed by atoms with E-state index in [0.29, 0.717) is 18.4 Å². The zero-order valence-corrected chi connectivity index (χ0v) is 13.8.